The van der Waals surface area contributed by atoms with E-state index in [0.29, 0.717) is 12.5 Å². The zero-order valence-corrected chi connectivity index (χ0v) is 13.4. The molecule has 0 bridgehead atoms. The molecule has 1 saturated heterocycles. The minimum Gasteiger partial charge on any atom is -0.354 e. The van der Waals surface area contributed by atoms with Crippen LogP contribution in [0.4, 0.5) is 5.82 Å². The maximum atomic E-state index is 8.83. The molecule has 3 rings (SSSR count). The van der Waals surface area contributed by atoms with E-state index < -0.39 is 0 Å². The lowest BCUT2D eigenvalue weighted by Gasteiger charge is -2.38. The third-order valence-corrected chi connectivity index (χ3v) is 4.32. The zero-order valence-electron chi connectivity index (χ0n) is 13.4. The molecule has 2 aromatic rings. The molecule has 0 aliphatic carbocycles. The van der Waals surface area contributed by atoms with Crippen LogP contribution in [0.15, 0.2) is 42.6 Å². The number of nitriles is 1. The van der Waals surface area contributed by atoms with Crippen molar-refractivity contribution in [3.8, 4) is 17.5 Å². The van der Waals surface area contributed by atoms with Crippen LogP contribution in [0.3, 0.4) is 0 Å². The van der Waals surface area contributed by atoms with Gasteiger partial charge in [-0.25, -0.2) is 9.97 Å². The molecule has 0 radical (unpaired) electrons. The van der Waals surface area contributed by atoms with Gasteiger partial charge in [0.05, 0.1) is 12.5 Å². The maximum absolute atomic E-state index is 8.83. The summed E-state index contributed by atoms with van der Waals surface area (Å²) in [7, 11) is 0. The summed E-state index contributed by atoms with van der Waals surface area (Å²) < 4.78 is 0. The van der Waals surface area contributed by atoms with Gasteiger partial charge in [-0.1, -0.05) is 30.3 Å². The normalized spacial score (nSPS) is 16.8. The van der Waals surface area contributed by atoms with Crippen molar-refractivity contribution in [3.05, 3.63) is 42.6 Å². The van der Waals surface area contributed by atoms with Crippen LogP contribution >= 0.6 is 0 Å². The largest absolute Gasteiger partial charge is 0.354 e. The third kappa shape index (κ3) is 3.66. The molecule has 0 N–H and O–H groups in total. The van der Waals surface area contributed by atoms with Crippen molar-refractivity contribution >= 4 is 5.82 Å². The molecule has 5 nitrogen and oxygen atoms in total. The summed E-state index contributed by atoms with van der Waals surface area (Å²) in [5.41, 5.74) is 1.04. The van der Waals surface area contributed by atoms with Crippen molar-refractivity contribution in [1.29, 1.82) is 5.26 Å². The molecule has 1 aromatic carbocycles. The number of aromatic nitrogens is 2. The highest BCUT2D eigenvalue weighted by Crippen LogP contribution is 2.19. The minimum atomic E-state index is 0.326. The minimum absolute atomic E-state index is 0.326. The molecule has 118 valence electrons. The lowest BCUT2D eigenvalue weighted by molar-refractivity contribution is 0.199. The van der Waals surface area contributed by atoms with Crippen LogP contribution < -0.4 is 4.90 Å². The summed E-state index contributed by atoms with van der Waals surface area (Å²) in [6.45, 7) is 5.92. The summed E-state index contributed by atoms with van der Waals surface area (Å²) in [5.74, 6) is 1.75. The van der Waals surface area contributed by atoms with Crippen molar-refractivity contribution in [2.24, 2.45) is 0 Å². The van der Waals surface area contributed by atoms with Crippen molar-refractivity contribution < 1.29 is 0 Å². The van der Waals surface area contributed by atoms with Crippen molar-refractivity contribution in [2.45, 2.75) is 19.4 Å². The molecule has 2 heterocycles. The predicted octanol–water partition coefficient (Wildman–Crippen LogP) is 2.57. The van der Waals surface area contributed by atoms with Crippen LogP contribution in [0.2, 0.25) is 0 Å². The van der Waals surface area contributed by atoms with E-state index in [0.717, 1.165) is 43.4 Å². The van der Waals surface area contributed by atoms with Gasteiger partial charge in [-0.3, -0.25) is 4.90 Å². The lowest BCUT2D eigenvalue weighted by Crippen LogP contribution is -2.49. The van der Waals surface area contributed by atoms with Crippen molar-refractivity contribution in [2.75, 3.05) is 31.1 Å². The number of piperazine rings is 1. The second-order valence-electron chi connectivity index (χ2n) is 5.84. The molecule has 1 aliphatic rings. The molecule has 1 aromatic heterocycles. The van der Waals surface area contributed by atoms with Gasteiger partial charge in [0.2, 0.25) is 0 Å². The van der Waals surface area contributed by atoms with E-state index in [1.165, 1.54) is 0 Å². The molecule has 5 heteroatoms. The molecular formula is C18H21N5. The van der Waals surface area contributed by atoms with Crippen molar-refractivity contribution in [3.63, 3.8) is 0 Å². The fraction of sp³-hybridized carbons (Fsp3) is 0.389. The fourth-order valence-electron chi connectivity index (χ4n) is 2.90. The molecule has 1 atom stereocenters. The van der Waals surface area contributed by atoms with E-state index >= 15 is 0 Å². The van der Waals surface area contributed by atoms with Crippen LogP contribution in [0.5, 0.6) is 0 Å². The Morgan fingerprint density at radius 2 is 1.87 bits per heavy atom. The quantitative estimate of drug-likeness (QED) is 0.869. The number of benzene rings is 1. The fourth-order valence-corrected chi connectivity index (χ4v) is 2.90. The molecule has 1 fully saturated rings. The lowest BCUT2D eigenvalue weighted by atomic mass is 10.2. The zero-order chi connectivity index (χ0) is 16.1. The first-order chi connectivity index (χ1) is 11.3. The Morgan fingerprint density at radius 3 is 2.57 bits per heavy atom. The second-order valence-corrected chi connectivity index (χ2v) is 5.84. The monoisotopic (exact) mass is 307 g/mol. The summed E-state index contributed by atoms with van der Waals surface area (Å²) in [6.07, 6.45) is 2.42. The highest BCUT2D eigenvalue weighted by molar-refractivity contribution is 5.57. The van der Waals surface area contributed by atoms with E-state index in [2.05, 4.69) is 27.8 Å². The Hall–Kier alpha value is -2.45. The molecule has 0 spiro atoms. The smallest absolute Gasteiger partial charge is 0.161 e. The molecule has 0 unspecified atom stereocenters. The average Bonchev–Trinajstić information content (AvgIpc) is 2.63. The Morgan fingerprint density at radius 1 is 1.13 bits per heavy atom. The SMILES string of the molecule is C[C@H](CC#N)N1CCN(c2ccnc(-c3ccccc3)n2)CC1. The Labute approximate surface area is 137 Å². The number of hydrogen-bond acceptors (Lipinski definition) is 5. The molecule has 1 aliphatic heterocycles. The number of nitrogens with zero attached hydrogens (tertiary/aromatic N) is 5. The topological polar surface area (TPSA) is 56.1 Å². The van der Waals surface area contributed by atoms with Crippen LogP contribution in [0.1, 0.15) is 13.3 Å². The highest BCUT2D eigenvalue weighted by atomic mass is 15.3. The summed E-state index contributed by atoms with van der Waals surface area (Å²) in [4.78, 5) is 13.8. The van der Waals surface area contributed by atoms with Crippen LogP contribution in [0, 0.1) is 11.3 Å². The van der Waals surface area contributed by atoms with E-state index in [-0.39, 0.29) is 0 Å². The van der Waals surface area contributed by atoms with Gasteiger partial charge in [0.1, 0.15) is 5.82 Å². The van der Waals surface area contributed by atoms with E-state index in [9.17, 15) is 0 Å². The van der Waals surface area contributed by atoms with E-state index in [4.69, 9.17) is 10.2 Å². The van der Waals surface area contributed by atoms with Gasteiger partial charge >= 0.3 is 0 Å². The van der Waals surface area contributed by atoms with Gasteiger partial charge < -0.3 is 4.90 Å². The first-order valence-electron chi connectivity index (χ1n) is 8.02. The molecule has 0 saturated carbocycles. The highest BCUT2D eigenvalue weighted by Gasteiger charge is 2.21. The van der Waals surface area contributed by atoms with Crippen molar-refractivity contribution in [1.82, 2.24) is 14.9 Å². The van der Waals surface area contributed by atoms with E-state index in [1.807, 2.05) is 42.6 Å². The van der Waals surface area contributed by atoms with E-state index in [1.54, 1.807) is 0 Å². The first-order valence-corrected chi connectivity index (χ1v) is 8.02. The summed E-state index contributed by atoms with van der Waals surface area (Å²) in [6, 6.07) is 14.6. The Kier molecular flexibility index (Phi) is 4.84. The number of hydrogen-bond donors (Lipinski definition) is 0. The van der Waals surface area contributed by atoms with Crippen LogP contribution in [-0.4, -0.2) is 47.1 Å². The van der Waals surface area contributed by atoms with Gasteiger partial charge in [0.25, 0.3) is 0 Å². The molecule has 0 amide bonds. The second kappa shape index (κ2) is 7.21. The van der Waals surface area contributed by atoms with Crippen LogP contribution in [0.25, 0.3) is 11.4 Å². The first kappa shape index (κ1) is 15.4. The molecule has 23 heavy (non-hydrogen) atoms. The van der Waals surface area contributed by atoms with Gasteiger partial charge in [-0.2, -0.15) is 5.26 Å². The Balaban J connectivity index is 1.69. The summed E-state index contributed by atoms with van der Waals surface area (Å²) in [5, 5.41) is 8.83. The van der Waals surface area contributed by atoms with Crippen LogP contribution in [-0.2, 0) is 0 Å². The maximum Gasteiger partial charge on any atom is 0.161 e. The van der Waals surface area contributed by atoms with Gasteiger partial charge in [0, 0.05) is 44.0 Å². The standard InChI is InChI=1S/C18H21N5/c1-15(7-9-19)22-11-13-23(14-12-22)17-8-10-20-18(21-17)16-5-3-2-4-6-16/h2-6,8,10,15H,7,11-14H2,1H3/t15-/m1/s1. The van der Waals surface area contributed by atoms with Gasteiger partial charge in [-0.05, 0) is 13.0 Å². The number of anilines is 1. The Bertz CT molecular complexity index is 671. The summed E-state index contributed by atoms with van der Waals surface area (Å²) >= 11 is 0. The average molecular weight is 307 g/mol. The third-order valence-electron chi connectivity index (χ3n) is 4.32. The van der Waals surface area contributed by atoms with Gasteiger partial charge in [-0.15, -0.1) is 0 Å². The molecular weight excluding hydrogens is 286 g/mol. The van der Waals surface area contributed by atoms with Gasteiger partial charge in [0.15, 0.2) is 5.82 Å². The number of rotatable bonds is 4. The predicted molar refractivity (Wildman–Crippen MR) is 90.9 cm³/mol.